The molecule has 334 valence electrons. The zero-order valence-corrected chi connectivity index (χ0v) is 38.6. The first-order chi connectivity index (χ1) is 29.4. The third-order valence-corrected chi connectivity index (χ3v) is 12.3. The van der Waals surface area contributed by atoms with Crippen LogP contribution >= 0.6 is 10.0 Å². The van der Waals surface area contributed by atoms with E-state index in [-0.39, 0.29) is 24.1 Å². The monoisotopic (exact) mass is 868 g/mol. The van der Waals surface area contributed by atoms with Gasteiger partial charge in [0, 0.05) is 48.0 Å². The molecule has 3 N–H and O–H groups in total. The topological polar surface area (TPSA) is 171 Å². The van der Waals surface area contributed by atoms with Gasteiger partial charge in [-0.25, -0.2) is 29.6 Å². The van der Waals surface area contributed by atoms with E-state index in [1.165, 1.54) is 7.11 Å². The van der Waals surface area contributed by atoms with E-state index in [0.717, 1.165) is 94.2 Å². The number of hydrogen-bond donors (Lipinski definition) is 2. The fourth-order valence-corrected chi connectivity index (χ4v) is 8.43. The van der Waals surface area contributed by atoms with E-state index < -0.39 is 21.7 Å². The summed E-state index contributed by atoms with van der Waals surface area (Å²) in [5, 5.41) is 1.04. The lowest BCUT2D eigenvalue weighted by Crippen LogP contribution is -2.37. The number of carbonyl (C=O) groups is 3. The van der Waals surface area contributed by atoms with E-state index in [4.69, 9.17) is 24.4 Å². The number of amides is 3. The van der Waals surface area contributed by atoms with Gasteiger partial charge in [-0.2, -0.15) is 0 Å². The summed E-state index contributed by atoms with van der Waals surface area (Å²) in [7, 11) is 0.519. The normalized spacial score (nSPS) is 17.0. The van der Waals surface area contributed by atoms with Crippen LogP contribution in [0.3, 0.4) is 0 Å². The lowest BCUT2D eigenvalue weighted by molar-refractivity contribution is -0.133. The zero-order chi connectivity index (χ0) is 44.8. The van der Waals surface area contributed by atoms with Gasteiger partial charge in [0.15, 0.2) is 0 Å². The summed E-state index contributed by atoms with van der Waals surface area (Å²) in [6.45, 7) is 12.3. The van der Waals surface area contributed by atoms with Crippen LogP contribution in [0.15, 0.2) is 67.1 Å². The predicted octanol–water partition coefficient (Wildman–Crippen LogP) is 9.32. The van der Waals surface area contributed by atoms with Crippen molar-refractivity contribution in [3.05, 3.63) is 78.8 Å². The molecule has 0 radical (unpaired) electrons. The number of imidazole rings is 2. The third-order valence-electron chi connectivity index (χ3n) is 10.9. The molecule has 2 aliphatic heterocycles. The number of aromatic nitrogens is 5. The van der Waals surface area contributed by atoms with Crippen molar-refractivity contribution in [2.45, 2.75) is 91.1 Å². The minimum atomic E-state index is -0.745. The van der Waals surface area contributed by atoms with Crippen LogP contribution in [0.25, 0.3) is 44.5 Å². The number of ether oxygens (including phenoxy) is 3. The molecule has 5 aromatic rings. The molecule has 2 fully saturated rings. The molecule has 3 amide bonds. The molecule has 0 aliphatic carbocycles. The Hall–Kier alpha value is -5.41. The number of aromatic amines is 1. The van der Waals surface area contributed by atoms with Crippen molar-refractivity contribution in [2.24, 2.45) is 11.7 Å². The molecular formula is C47H64N8O6S. The number of H-pyrrole nitrogens is 1. The van der Waals surface area contributed by atoms with Crippen LogP contribution in [0.4, 0.5) is 9.59 Å². The van der Waals surface area contributed by atoms with Gasteiger partial charge in [-0.1, -0.05) is 50.2 Å². The zero-order valence-electron chi connectivity index (χ0n) is 37.8. The Morgan fingerprint density at radius 2 is 1.52 bits per heavy atom. The van der Waals surface area contributed by atoms with Crippen molar-refractivity contribution in [2.75, 3.05) is 51.3 Å². The summed E-state index contributed by atoms with van der Waals surface area (Å²) in [5.41, 5.74) is 10.7. The Bertz CT molecular complexity index is 2330. The fraction of sp³-hybridized carbons (Fsp3) is 0.489. The molecule has 2 aliphatic rings. The lowest BCUT2D eigenvalue weighted by Gasteiger charge is -2.29. The molecule has 0 saturated carbocycles. The largest absolute Gasteiger partial charge is 0.453 e. The molecule has 0 bridgehead atoms. The number of nitrogens with one attached hydrogen (secondary N) is 1. The fourth-order valence-electron chi connectivity index (χ4n) is 7.81. The summed E-state index contributed by atoms with van der Waals surface area (Å²) >= 11 is 0. The maximum Gasteiger partial charge on any atom is 0.410 e. The van der Waals surface area contributed by atoms with Crippen LogP contribution in [0.5, 0.6) is 0 Å². The van der Waals surface area contributed by atoms with Crippen molar-refractivity contribution < 1.29 is 28.6 Å². The molecule has 7 rings (SSSR count). The SMILES string of the molecule is CC(C)CC(=O)N1CCC[C@H]1c1ncc(-c2ccc(-c3cnc4cc(-c5cnc(C6CCCN6C(=O)OC(C)(C)C)n5COCCS(C)(C)C)ccc4c3)cc2)[nH]1.COC(N)=O. The second kappa shape index (κ2) is 19.7. The summed E-state index contributed by atoms with van der Waals surface area (Å²) in [6, 6.07) is 16.8. The smallest absolute Gasteiger partial charge is 0.410 e. The van der Waals surface area contributed by atoms with Crippen LogP contribution in [-0.4, -0.2) is 109 Å². The number of likely N-dealkylation sites (tertiary alicyclic amines) is 2. The van der Waals surface area contributed by atoms with Crippen LogP contribution < -0.4 is 5.73 Å². The Balaban J connectivity index is 0.00000121. The molecule has 0 spiro atoms. The Labute approximate surface area is 367 Å². The number of rotatable bonds is 12. The van der Waals surface area contributed by atoms with Crippen LogP contribution in [-0.2, 0) is 25.7 Å². The summed E-state index contributed by atoms with van der Waals surface area (Å²) in [5.74, 6) is 3.22. The molecule has 2 aromatic carbocycles. The third kappa shape index (κ3) is 11.7. The number of carbonyl (C=O) groups excluding carboxylic acids is 3. The first-order valence-corrected chi connectivity index (χ1v) is 24.4. The van der Waals surface area contributed by atoms with Gasteiger partial charge in [-0.3, -0.25) is 14.7 Å². The van der Waals surface area contributed by atoms with E-state index in [9.17, 15) is 14.4 Å². The van der Waals surface area contributed by atoms with Crippen molar-refractivity contribution in [3.63, 3.8) is 0 Å². The van der Waals surface area contributed by atoms with Crippen molar-refractivity contribution in [1.29, 1.82) is 0 Å². The maximum absolute atomic E-state index is 13.3. The molecule has 14 nitrogen and oxygen atoms in total. The number of methoxy groups -OCH3 is 1. The van der Waals surface area contributed by atoms with Gasteiger partial charge in [0.2, 0.25) is 5.91 Å². The summed E-state index contributed by atoms with van der Waals surface area (Å²) in [4.78, 5) is 57.4. The first kappa shape index (κ1) is 46.1. The number of primary amides is 1. The van der Waals surface area contributed by atoms with Crippen molar-refractivity contribution >= 4 is 39.0 Å². The van der Waals surface area contributed by atoms with E-state index in [2.05, 4.69) is 101 Å². The molecule has 2 atom stereocenters. The molecule has 15 heteroatoms. The van der Waals surface area contributed by atoms with E-state index in [1.807, 2.05) is 49.2 Å². The summed E-state index contributed by atoms with van der Waals surface area (Å²) < 4.78 is 18.1. The molecule has 5 heterocycles. The van der Waals surface area contributed by atoms with E-state index in [1.54, 1.807) is 0 Å². The summed E-state index contributed by atoms with van der Waals surface area (Å²) in [6.07, 6.45) is 15.7. The van der Waals surface area contributed by atoms with Crippen LogP contribution in [0.1, 0.15) is 90.5 Å². The Kier molecular flexibility index (Phi) is 14.7. The van der Waals surface area contributed by atoms with Crippen LogP contribution in [0.2, 0.25) is 0 Å². The standard InChI is InChI=1S/C45H59N7O4S.C2H5NO2/c1-30(2)23-41(53)50-19-9-11-38(50)42-47-27-37(49-42)32-15-13-31(14-16-32)35-24-33-17-18-34(25-36(33)46-26-35)40-28-48-43(52(40)29-55-21-22-57(6,7)8)39-12-10-20-51(39)44(54)56-45(3,4)5;1-5-2(3)4/h13-18,24-28,30,38-39H,9-12,19-23,29H2,1-8H3,(H,47,49);1H3,(H2,3,4)/t38-,39?;/m0./s1. The number of pyridine rings is 1. The van der Waals surface area contributed by atoms with E-state index >= 15 is 0 Å². The van der Waals surface area contributed by atoms with E-state index in [0.29, 0.717) is 32.2 Å². The average molecular weight is 869 g/mol. The molecule has 3 aromatic heterocycles. The Morgan fingerprint density at radius 3 is 2.18 bits per heavy atom. The highest BCUT2D eigenvalue weighted by molar-refractivity contribution is 8.32. The van der Waals surface area contributed by atoms with Crippen LogP contribution in [0, 0.1) is 5.92 Å². The van der Waals surface area contributed by atoms with Gasteiger partial charge < -0.3 is 34.4 Å². The van der Waals surface area contributed by atoms with Gasteiger partial charge in [0.05, 0.1) is 55.1 Å². The highest BCUT2D eigenvalue weighted by atomic mass is 32.3. The molecule has 1 unspecified atom stereocenters. The highest BCUT2D eigenvalue weighted by Crippen LogP contribution is 2.38. The lowest BCUT2D eigenvalue weighted by atomic mass is 10.0. The molecule has 62 heavy (non-hydrogen) atoms. The van der Waals surface area contributed by atoms with Gasteiger partial charge in [0.25, 0.3) is 0 Å². The van der Waals surface area contributed by atoms with Gasteiger partial charge >= 0.3 is 12.2 Å². The number of fused-ring (bicyclic) bond motifs is 1. The second-order valence-electron chi connectivity index (χ2n) is 18.4. The quantitative estimate of drug-likeness (QED) is 0.116. The second-order valence-corrected chi connectivity index (χ2v) is 22.9. The van der Waals surface area contributed by atoms with Gasteiger partial charge in [0.1, 0.15) is 24.0 Å². The number of nitrogens with two attached hydrogens (primary N) is 1. The van der Waals surface area contributed by atoms with Crippen molar-refractivity contribution in [1.82, 2.24) is 34.3 Å². The molecular weight excluding hydrogens is 805 g/mol. The number of benzene rings is 2. The minimum Gasteiger partial charge on any atom is -0.453 e. The number of hydrogen-bond acceptors (Lipinski definition) is 9. The number of nitrogens with zero attached hydrogens (tertiary/aromatic N) is 6. The maximum atomic E-state index is 13.3. The molecule has 2 saturated heterocycles. The first-order valence-electron chi connectivity index (χ1n) is 21.4. The predicted molar refractivity (Wildman–Crippen MR) is 247 cm³/mol. The minimum absolute atomic E-state index is 0.00507. The average Bonchev–Trinajstić information content (AvgIpc) is 4.05. The highest BCUT2D eigenvalue weighted by Gasteiger charge is 2.36. The van der Waals surface area contributed by atoms with Gasteiger partial charge in [-0.15, -0.1) is 0 Å². The van der Waals surface area contributed by atoms with Gasteiger partial charge in [-0.05, 0) is 94.4 Å². The van der Waals surface area contributed by atoms with Crippen molar-refractivity contribution in [3.8, 4) is 33.6 Å². The Morgan fingerprint density at radius 1 is 0.855 bits per heavy atom.